The van der Waals surface area contributed by atoms with Crippen LogP contribution in [0.4, 0.5) is 0 Å². The van der Waals surface area contributed by atoms with Crippen molar-refractivity contribution in [2.24, 2.45) is 11.8 Å². The van der Waals surface area contributed by atoms with Gasteiger partial charge in [-0.1, -0.05) is 26.7 Å². The zero-order chi connectivity index (χ0) is 14.8. The number of thiophene rings is 1. The Morgan fingerprint density at radius 1 is 1.35 bits per heavy atom. The van der Waals surface area contributed by atoms with Crippen molar-refractivity contribution in [2.45, 2.75) is 49.9 Å². The van der Waals surface area contributed by atoms with E-state index in [4.69, 9.17) is 0 Å². The van der Waals surface area contributed by atoms with Gasteiger partial charge in [0, 0.05) is 12.6 Å². The predicted molar refractivity (Wildman–Crippen MR) is 83.4 cm³/mol. The van der Waals surface area contributed by atoms with Crippen LogP contribution in [0.5, 0.6) is 0 Å². The monoisotopic (exact) mass is 316 g/mol. The Labute approximate surface area is 126 Å². The summed E-state index contributed by atoms with van der Waals surface area (Å²) >= 11 is 1.30. The van der Waals surface area contributed by atoms with Crippen molar-refractivity contribution < 1.29 is 8.42 Å². The Hall–Kier alpha value is -0.430. The topological polar surface area (TPSA) is 58.2 Å². The Bertz CT molecular complexity index is 539. The lowest BCUT2D eigenvalue weighted by molar-refractivity contribution is 0.227. The van der Waals surface area contributed by atoms with Gasteiger partial charge < -0.3 is 5.32 Å². The highest BCUT2D eigenvalue weighted by atomic mass is 32.2. The van der Waals surface area contributed by atoms with Crippen molar-refractivity contribution in [2.75, 3.05) is 7.05 Å². The van der Waals surface area contributed by atoms with Crippen molar-refractivity contribution in [3.63, 3.8) is 0 Å². The normalized spacial score (nSPS) is 27.6. The summed E-state index contributed by atoms with van der Waals surface area (Å²) in [5.74, 6) is 0.981. The summed E-state index contributed by atoms with van der Waals surface area (Å²) in [5, 5.41) is 4.94. The highest BCUT2D eigenvalue weighted by Gasteiger charge is 2.31. The van der Waals surface area contributed by atoms with Crippen LogP contribution in [0.15, 0.2) is 15.7 Å². The summed E-state index contributed by atoms with van der Waals surface area (Å²) in [6.45, 7) is 5.06. The first kappa shape index (κ1) is 15.9. The van der Waals surface area contributed by atoms with Crippen LogP contribution in [0.25, 0.3) is 0 Å². The minimum atomic E-state index is -3.37. The molecular formula is C14H24N2O2S2. The van der Waals surface area contributed by atoms with E-state index in [9.17, 15) is 8.42 Å². The number of sulfonamides is 1. The summed E-state index contributed by atoms with van der Waals surface area (Å²) in [6, 6.07) is 1.83. The molecule has 0 spiro atoms. The fourth-order valence-corrected chi connectivity index (χ4v) is 5.38. The van der Waals surface area contributed by atoms with E-state index in [2.05, 4.69) is 23.9 Å². The van der Waals surface area contributed by atoms with E-state index in [1.54, 1.807) is 6.07 Å². The molecule has 20 heavy (non-hydrogen) atoms. The van der Waals surface area contributed by atoms with Crippen molar-refractivity contribution in [3.05, 3.63) is 17.0 Å². The van der Waals surface area contributed by atoms with E-state index in [1.807, 2.05) is 12.4 Å². The highest BCUT2D eigenvalue weighted by Crippen LogP contribution is 2.31. The molecule has 1 aromatic rings. The summed E-state index contributed by atoms with van der Waals surface area (Å²) < 4.78 is 28.2. The van der Waals surface area contributed by atoms with Gasteiger partial charge in [-0.2, -0.15) is 0 Å². The Balaban J connectivity index is 2.09. The molecule has 4 nitrogen and oxygen atoms in total. The molecular weight excluding hydrogens is 292 g/mol. The molecule has 0 aromatic carbocycles. The smallest absolute Gasteiger partial charge is 0.250 e. The molecule has 1 saturated carbocycles. The molecule has 1 aromatic heterocycles. The third-order valence-electron chi connectivity index (χ3n) is 4.29. The van der Waals surface area contributed by atoms with Gasteiger partial charge in [0.1, 0.15) is 4.21 Å². The molecule has 1 aliphatic carbocycles. The minimum absolute atomic E-state index is 0.0681. The Kier molecular flexibility index (Phi) is 5.23. The van der Waals surface area contributed by atoms with Gasteiger partial charge in [-0.3, -0.25) is 0 Å². The number of rotatable bonds is 5. The third-order valence-corrected chi connectivity index (χ3v) is 7.27. The molecule has 0 bridgehead atoms. The van der Waals surface area contributed by atoms with Crippen LogP contribution in [0, 0.1) is 11.8 Å². The summed E-state index contributed by atoms with van der Waals surface area (Å²) in [5.41, 5.74) is 1.02. The average Bonchev–Trinajstić information content (AvgIpc) is 2.85. The van der Waals surface area contributed by atoms with Crippen molar-refractivity contribution in [3.8, 4) is 0 Å². The lowest BCUT2D eigenvalue weighted by Crippen LogP contribution is -2.43. The maximum absolute atomic E-state index is 12.4. The molecule has 2 rings (SSSR count). The molecule has 0 aliphatic heterocycles. The Morgan fingerprint density at radius 2 is 2.10 bits per heavy atom. The quantitative estimate of drug-likeness (QED) is 0.878. The fraction of sp³-hybridized carbons (Fsp3) is 0.714. The Morgan fingerprint density at radius 3 is 2.80 bits per heavy atom. The molecule has 1 fully saturated rings. The molecule has 1 heterocycles. The SMILES string of the molecule is CNCc1csc(S(=O)(=O)NC2CCCC(C)C2C)c1. The second kappa shape index (κ2) is 6.56. The van der Waals surface area contributed by atoms with Crippen molar-refractivity contribution >= 4 is 21.4 Å². The van der Waals surface area contributed by atoms with E-state index in [0.29, 0.717) is 22.6 Å². The second-order valence-electron chi connectivity index (χ2n) is 5.80. The molecule has 2 N–H and O–H groups in total. The van der Waals surface area contributed by atoms with E-state index in [-0.39, 0.29) is 6.04 Å². The van der Waals surface area contributed by atoms with Crippen molar-refractivity contribution in [1.29, 1.82) is 0 Å². The van der Waals surface area contributed by atoms with Crippen LogP contribution in [-0.2, 0) is 16.6 Å². The highest BCUT2D eigenvalue weighted by molar-refractivity contribution is 7.91. The summed E-state index contributed by atoms with van der Waals surface area (Å²) in [6.07, 6.45) is 3.25. The lowest BCUT2D eigenvalue weighted by Gasteiger charge is -2.34. The minimum Gasteiger partial charge on any atom is -0.316 e. The van der Waals surface area contributed by atoms with Gasteiger partial charge in [0.2, 0.25) is 10.0 Å². The zero-order valence-corrected chi connectivity index (χ0v) is 14.0. The van der Waals surface area contributed by atoms with Gasteiger partial charge in [0.05, 0.1) is 0 Å². The first-order valence-electron chi connectivity index (χ1n) is 7.18. The number of hydrogen-bond donors (Lipinski definition) is 2. The van der Waals surface area contributed by atoms with E-state index < -0.39 is 10.0 Å². The van der Waals surface area contributed by atoms with Crippen LogP contribution in [-0.4, -0.2) is 21.5 Å². The zero-order valence-electron chi connectivity index (χ0n) is 12.3. The third kappa shape index (κ3) is 3.61. The van der Waals surface area contributed by atoms with Gasteiger partial charge in [0.15, 0.2) is 0 Å². The van der Waals surface area contributed by atoms with Gasteiger partial charge in [-0.15, -0.1) is 11.3 Å². The first-order chi connectivity index (χ1) is 9.44. The molecule has 1 aliphatic rings. The molecule has 6 heteroatoms. The van der Waals surface area contributed by atoms with Gasteiger partial charge in [-0.05, 0) is 42.3 Å². The molecule has 0 amide bonds. The molecule has 0 radical (unpaired) electrons. The number of nitrogens with one attached hydrogen (secondary N) is 2. The molecule has 114 valence electrons. The van der Waals surface area contributed by atoms with Gasteiger partial charge in [-0.25, -0.2) is 13.1 Å². The average molecular weight is 316 g/mol. The summed E-state index contributed by atoms with van der Waals surface area (Å²) in [7, 11) is -1.52. The molecule has 0 saturated heterocycles. The molecule has 3 unspecified atom stereocenters. The van der Waals surface area contributed by atoms with E-state index >= 15 is 0 Å². The molecule has 3 atom stereocenters. The van der Waals surface area contributed by atoms with Gasteiger partial charge in [0.25, 0.3) is 0 Å². The number of hydrogen-bond acceptors (Lipinski definition) is 4. The predicted octanol–water partition coefficient (Wildman–Crippen LogP) is 2.57. The maximum atomic E-state index is 12.4. The van der Waals surface area contributed by atoms with E-state index in [1.165, 1.54) is 17.8 Å². The lowest BCUT2D eigenvalue weighted by atomic mass is 9.78. The standard InChI is InChI=1S/C14H24N2O2S2/c1-10-5-4-6-13(11(10)2)16-20(17,18)14-7-12(8-15-3)9-19-14/h7,9-11,13,15-16H,4-6,8H2,1-3H3. The second-order valence-corrected chi connectivity index (χ2v) is 8.65. The largest absolute Gasteiger partial charge is 0.316 e. The summed E-state index contributed by atoms with van der Waals surface area (Å²) in [4.78, 5) is 0. The van der Waals surface area contributed by atoms with Crippen LogP contribution in [0.3, 0.4) is 0 Å². The van der Waals surface area contributed by atoms with Gasteiger partial charge >= 0.3 is 0 Å². The van der Waals surface area contributed by atoms with Crippen LogP contribution < -0.4 is 10.0 Å². The van der Waals surface area contributed by atoms with Crippen molar-refractivity contribution in [1.82, 2.24) is 10.0 Å². The first-order valence-corrected chi connectivity index (χ1v) is 9.54. The van der Waals surface area contributed by atoms with E-state index in [0.717, 1.165) is 18.4 Å². The van der Waals surface area contributed by atoms with Crippen LogP contribution in [0.1, 0.15) is 38.7 Å². The maximum Gasteiger partial charge on any atom is 0.250 e. The van der Waals surface area contributed by atoms with Crippen LogP contribution in [0.2, 0.25) is 0 Å². The van der Waals surface area contributed by atoms with Crippen LogP contribution >= 0.6 is 11.3 Å². The fourth-order valence-electron chi connectivity index (χ4n) is 2.80.